The first-order valence-electron chi connectivity index (χ1n) is 7.59. The molecule has 0 aliphatic heterocycles. The minimum absolute atomic E-state index is 0.259. The molecule has 0 atom stereocenters. The Kier molecular flexibility index (Phi) is 6.16. The third-order valence-electron chi connectivity index (χ3n) is 3.41. The molecule has 1 N–H and O–H groups in total. The zero-order chi connectivity index (χ0) is 17.7. The Morgan fingerprint density at radius 3 is 2.67 bits per heavy atom. The van der Waals surface area contributed by atoms with E-state index in [4.69, 9.17) is 9.47 Å². The monoisotopic (exact) mass is 350 g/mol. The molecule has 7 heteroatoms. The fourth-order valence-electron chi connectivity index (χ4n) is 2.20. The van der Waals surface area contributed by atoms with Crippen LogP contribution in [0.4, 0.5) is 0 Å². The number of carbonyl (C=O) groups is 1. The van der Waals surface area contributed by atoms with Gasteiger partial charge in [0, 0.05) is 12.1 Å². The molecule has 0 radical (unpaired) electrons. The van der Waals surface area contributed by atoms with Crippen LogP contribution in [0.1, 0.15) is 21.8 Å². The summed E-state index contributed by atoms with van der Waals surface area (Å²) in [5.41, 5.74) is 1.34. The Hall–Kier alpha value is -2.12. The van der Waals surface area contributed by atoms with Gasteiger partial charge in [0.1, 0.15) is 9.88 Å². The normalized spacial score (nSPS) is 10.9. The largest absolute Gasteiger partial charge is 0.493 e. The van der Waals surface area contributed by atoms with Crippen LogP contribution in [-0.4, -0.2) is 55.3 Å². The lowest BCUT2D eigenvalue weighted by molar-refractivity contribution is 0.0701. The van der Waals surface area contributed by atoms with Gasteiger partial charge in [-0.15, -0.1) is 11.3 Å². The van der Waals surface area contributed by atoms with Crippen LogP contribution in [0.2, 0.25) is 0 Å². The lowest BCUT2D eigenvalue weighted by atomic mass is 10.2. The molecule has 1 aromatic heterocycles. The summed E-state index contributed by atoms with van der Waals surface area (Å²) in [7, 11) is 5.63. The highest BCUT2D eigenvalue weighted by atomic mass is 32.1. The number of hydrogen-bond acceptors (Lipinski definition) is 6. The predicted octanol–water partition coefficient (Wildman–Crippen LogP) is 3.16. The first-order valence-corrected chi connectivity index (χ1v) is 8.40. The highest BCUT2D eigenvalue weighted by molar-refractivity contribution is 7.17. The van der Waals surface area contributed by atoms with E-state index < -0.39 is 5.97 Å². The summed E-state index contributed by atoms with van der Waals surface area (Å²) in [6.07, 6.45) is 0.903. The fourth-order valence-corrected chi connectivity index (χ4v) is 3.11. The molecule has 0 fully saturated rings. The number of aromatic nitrogens is 1. The van der Waals surface area contributed by atoms with Gasteiger partial charge in [-0.2, -0.15) is 0 Å². The second kappa shape index (κ2) is 8.12. The number of benzene rings is 1. The molecule has 6 nitrogen and oxygen atoms in total. The number of rotatable bonds is 8. The minimum Gasteiger partial charge on any atom is -0.493 e. The Morgan fingerprint density at radius 1 is 1.33 bits per heavy atom. The van der Waals surface area contributed by atoms with Crippen molar-refractivity contribution >= 4 is 17.3 Å². The van der Waals surface area contributed by atoms with Crippen molar-refractivity contribution in [3.05, 3.63) is 28.8 Å². The quantitative estimate of drug-likeness (QED) is 0.738. The van der Waals surface area contributed by atoms with Gasteiger partial charge in [-0.3, -0.25) is 0 Å². The number of aromatic carboxylic acids is 1. The van der Waals surface area contributed by atoms with Crippen molar-refractivity contribution in [2.45, 2.75) is 13.3 Å². The third-order valence-corrected chi connectivity index (χ3v) is 4.60. The molecular weight excluding hydrogens is 328 g/mol. The van der Waals surface area contributed by atoms with Gasteiger partial charge in [-0.1, -0.05) is 0 Å². The van der Waals surface area contributed by atoms with E-state index in [1.54, 1.807) is 14.0 Å². The van der Waals surface area contributed by atoms with Crippen molar-refractivity contribution in [3.63, 3.8) is 0 Å². The average molecular weight is 350 g/mol. The van der Waals surface area contributed by atoms with E-state index in [1.165, 1.54) is 0 Å². The highest BCUT2D eigenvalue weighted by Crippen LogP contribution is 2.35. The van der Waals surface area contributed by atoms with Crippen LogP contribution >= 0.6 is 11.3 Å². The van der Waals surface area contributed by atoms with Crippen molar-refractivity contribution < 1.29 is 19.4 Å². The number of ether oxygens (including phenoxy) is 2. The van der Waals surface area contributed by atoms with E-state index in [0.29, 0.717) is 28.8 Å². The van der Waals surface area contributed by atoms with E-state index >= 15 is 0 Å². The maximum absolute atomic E-state index is 11.2. The zero-order valence-corrected chi connectivity index (χ0v) is 15.1. The molecule has 2 rings (SSSR count). The Labute approximate surface area is 145 Å². The molecule has 0 saturated heterocycles. The van der Waals surface area contributed by atoms with Crippen molar-refractivity contribution in [3.8, 4) is 22.1 Å². The lowest BCUT2D eigenvalue weighted by Crippen LogP contribution is -2.15. The van der Waals surface area contributed by atoms with E-state index in [0.717, 1.165) is 29.9 Å². The molecule has 0 spiro atoms. The molecule has 0 aliphatic carbocycles. The van der Waals surface area contributed by atoms with Crippen LogP contribution in [-0.2, 0) is 0 Å². The SMILES string of the molecule is COc1ccc(-c2nc(C)c(C(=O)O)s2)cc1OCCCN(C)C. The summed E-state index contributed by atoms with van der Waals surface area (Å²) in [6, 6.07) is 5.52. The zero-order valence-electron chi connectivity index (χ0n) is 14.3. The van der Waals surface area contributed by atoms with Gasteiger partial charge in [0.25, 0.3) is 0 Å². The lowest BCUT2D eigenvalue weighted by Gasteiger charge is -2.13. The van der Waals surface area contributed by atoms with Crippen LogP contribution in [0, 0.1) is 6.92 Å². The summed E-state index contributed by atoms with van der Waals surface area (Å²) >= 11 is 1.16. The molecule has 2 aromatic rings. The summed E-state index contributed by atoms with van der Waals surface area (Å²) in [4.78, 5) is 17.9. The summed E-state index contributed by atoms with van der Waals surface area (Å²) in [6.45, 7) is 3.22. The minimum atomic E-state index is -0.954. The van der Waals surface area contributed by atoms with E-state index in [9.17, 15) is 9.90 Å². The van der Waals surface area contributed by atoms with Crippen LogP contribution in [0.3, 0.4) is 0 Å². The predicted molar refractivity (Wildman–Crippen MR) is 94.5 cm³/mol. The van der Waals surface area contributed by atoms with Crippen molar-refractivity contribution in [1.82, 2.24) is 9.88 Å². The number of nitrogens with zero attached hydrogens (tertiary/aromatic N) is 2. The molecule has 0 amide bonds. The van der Waals surface area contributed by atoms with Gasteiger partial charge < -0.3 is 19.5 Å². The van der Waals surface area contributed by atoms with Crippen molar-refractivity contribution in [2.75, 3.05) is 34.4 Å². The van der Waals surface area contributed by atoms with Crippen molar-refractivity contribution in [1.29, 1.82) is 0 Å². The summed E-state index contributed by atoms with van der Waals surface area (Å²) in [5, 5.41) is 9.83. The van der Waals surface area contributed by atoms with Crippen LogP contribution in [0.15, 0.2) is 18.2 Å². The van der Waals surface area contributed by atoms with Gasteiger partial charge in [0.15, 0.2) is 11.5 Å². The van der Waals surface area contributed by atoms with Crippen molar-refractivity contribution in [2.24, 2.45) is 0 Å². The third kappa shape index (κ3) is 4.46. The van der Waals surface area contributed by atoms with Gasteiger partial charge in [-0.25, -0.2) is 9.78 Å². The highest BCUT2D eigenvalue weighted by Gasteiger charge is 2.16. The standard InChI is InChI=1S/C17H22N2O4S/c1-11-15(17(20)21)24-16(18-11)12-6-7-13(22-4)14(10-12)23-9-5-8-19(2)3/h6-7,10H,5,8-9H2,1-4H3,(H,20,21). The molecule has 130 valence electrons. The number of carboxylic acids is 1. The van der Waals surface area contributed by atoms with E-state index in [1.807, 2.05) is 32.3 Å². The number of methoxy groups -OCH3 is 1. The second-order valence-electron chi connectivity index (χ2n) is 5.61. The van der Waals surface area contributed by atoms with E-state index in [2.05, 4.69) is 9.88 Å². The maximum atomic E-state index is 11.2. The molecule has 1 heterocycles. The number of carboxylic acid groups (broad SMARTS) is 1. The average Bonchev–Trinajstić information content (AvgIpc) is 2.93. The topological polar surface area (TPSA) is 71.9 Å². The molecule has 0 aliphatic rings. The fraction of sp³-hybridized carbons (Fsp3) is 0.412. The van der Waals surface area contributed by atoms with Gasteiger partial charge in [0.05, 0.1) is 19.4 Å². The van der Waals surface area contributed by atoms with Gasteiger partial charge in [0.2, 0.25) is 0 Å². The van der Waals surface area contributed by atoms with E-state index in [-0.39, 0.29) is 4.88 Å². The first-order chi connectivity index (χ1) is 11.4. The molecule has 0 unspecified atom stereocenters. The Balaban J connectivity index is 2.21. The summed E-state index contributed by atoms with van der Waals surface area (Å²) in [5.74, 6) is 0.332. The number of hydrogen-bond donors (Lipinski definition) is 1. The number of thiazole rings is 1. The Morgan fingerprint density at radius 2 is 2.08 bits per heavy atom. The van der Waals surface area contributed by atoms with Gasteiger partial charge >= 0.3 is 5.97 Å². The number of aryl methyl sites for hydroxylation is 1. The molecule has 0 saturated carbocycles. The maximum Gasteiger partial charge on any atom is 0.347 e. The molecule has 1 aromatic carbocycles. The summed E-state index contributed by atoms with van der Waals surface area (Å²) < 4.78 is 11.2. The van der Waals surface area contributed by atoms with Gasteiger partial charge in [-0.05, 0) is 45.6 Å². The molecule has 24 heavy (non-hydrogen) atoms. The second-order valence-corrected chi connectivity index (χ2v) is 6.61. The van der Waals surface area contributed by atoms with Crippen LogP contribution in [0.25, 0.3) is 10.6 Å². The smallest absolute Gasteiger partial charge is 0.347 e. The van der Waals surface area contributed by atoms with Crippen LogP contribution < -0.4 is 9.47 Å². The Bertz CT molecular complexity index is 713. The first kappa shape index (κ1) is 18.2. The molecule has 0 bridgehead atoms. The molecular formula is C17H22N2O4S. The van der Waals surface area contributed by atoms with Crippen LogP contribution in [0.5, 0.6) is 11.5 Å².